The molecular weight excluding hydrogens is 913 g/mol. The average molecular weight is 1090 g/mol. The van der Waals surface area contributed by atoms with Gasteiger partial charge in [0.15, 0.2) is 0 Å². The van der Waals surface area contributed by atoms with Crippen LogP contribution in [0.5, 0.6) is 0 Å². The van der Waals surface area contributed by atoms with E-state index in [0.717, 1.165) is 59.2 Å². The summed E-state index contributed by atoms with van der Waals surface area (Å²) in [5.41, 5.74) is 1.60. The van der Waals surface area contributed by atoms with Crippen molar-refractivity contribution in [2.45, 2.75) is 423 Å². The van der Waals surface area contributed by atoms with Gasteiger partial charge in [0.25, 0.3) is 0 Å². The molecule has 0 aromatic rings. The molecule has 0 aromatic carbocycles. The van der Waals surface area contributed by atoms with Gasteiger partial charge in [0.1, 0.15) is 0 Å². The van der Waals surface area contributed by atoms with Gasteiger partial charge in [-0.05, 0) is 94.7 Å². The van der Waals surface area contributed by atoms with Crippen LogP contribution >= 0.6 is 0 Å². The second-order valence-electron chi connectivity index (χ2n) is 29.9. The molecule has 0 N–H and O–H groups in total. The Morgan fingerprint density at radius 2 is 0.632 bits per heavy atom. The zero-order valence-electron chi connectivity index (χ0n) is 62.4. The van der Waals surface area contributed by atoms with E-state index in [-0.39, 0.29) is 0 Å². The molecule has 0 spiro atoms. The third kappa shape index (κ3) is 140. The molecule has 3 atom stereocenters. The zero-order valence-corrected chi connectivity index (χ0v) is 62.4. The predicted octanol–water partition coefficient (Wildman–Crippen LogP) is 30.2. The molecule has 0 heteroatoms. The van der Waals surface area contributed by atoms with Gasteiger partial charge in [0, 0.05) is 0 Å². The van der Waals surface area contributed by atoms with Crippen molar-refractivity contribution in [3.8, 4) is 0 Å². The van der Waals surface area contributed by atoms with E-state index in [1.54, 1.807) is 0 Å². The van der Waals surface area contributed by atoms with Crippen molar-refractivity contribution >= 4 is 0 Å². The fourth-order valence-electron chi connectivity index (χ4n) is 7.34. The largest absolute Gasteiger partial charge is 0.0654 e. The first-order chi connectivity index (χ1) is 34.8. The Balaban J connectivity index is -0.0000000788. The Labute approximate surface area is 495 Å². The molecule has 0 radical (unpaired) electrons. The number of unbranched alkanes of at least 4 members (excludes halogenated alkanes) is 6. The highest BCUT2D eigenvalue weighted by Gasteiger charge is 2.14. The molecule has 476 valence electrons. The molecule has 1 saturated carbocycles. The third-order valence-electron chi connectivity index (χ3n) is 14.5. The van der Waals surface area contributed by atoms with Crippen LogP contribution in [0.15, 0.2) is 0 Å². The smallest absolute Gasteiger partial charge is 0.0360 e. The van der Waals surface area contributed by atoms with Crippen LogP contribution in [0.4, 0.5) is 0 Å². The van der Waals surface area contributed by atoms with Gasteiger partial charge in [-0.25, -0.2) is 0 Å². The van der Waals surface area contributed by atoms with Gasteiger partial charge < -0.3 is 0 Å². The summed E-state index contributed by atoms with van der Waals surface area (Å²) in [5, 5.41) is 0. The maximum atomic E-state index is 2.34. The summed E-state index contributed by atoms with van der Waals surface area (Å²) in [5.74, 6) is 9.07. The minimum absolute atomic E-state index is 0.500. The first-order valence-electron chi connectivity index (χ1n) is 34.8. The number of hydrogen-bond acceptors (Lipinski definition) is 0. The van der Waals surface area contributed by atoms with Crippen molar-refractivity contribution < 1.29 is 0 Å². The third-order valence-corrected chi connectivity index (χ3v) is 14.5. The molecule has 1 fully saturated rings. The molecule has 0 amide bonds. The van der Waals surface area contributed by atoms with Crippen LogP contribution in [-0.2, 0) is 0 Å². The summed E-state index contributed by atoms with van der Waals surface area (Å²) < 4.78 is 0. The van der Waals surface area contributed by atoms with Gasteiger partial charge in [0.05, 0.1) is 0 Å². The standard InChI is InChI=1S/10C7H16.C6H12/c1-6(2)7(3,4)5;1-6(2)5-7(3)4;2*1-5-6-7(2,3)4;1-5-7(4)6(2)3;2*1-4-5-6-7(2)3;2*1-4-6-7(3)5-2;1-3-5-7-6-4-2;1-6-4-2-3-5-6/h6H,1-5H3;6-7H,5H2,1-4H3;2*5-6H2,1-4H3;6-7H,5H2,1-4H3;4*7H,4-6H2,1-3H3;3-7H2,1-2H3;6H,2-5H2,1H3/t;;;;7-;;;;;;/m....0....../s1. The fraction of sp³-hybridized carbons (Fsp3) is 1.00. The van der Waals surface area contributed by atoms with Crippen LogP contribution < -0.4 is 0 Å². The fourth-order valence-corrected chi connectivity index (χ4v) is 7.34. The van der Waals surface area contributed by atoms with E-state index in [4.69, 9.17) is 0 Å². The lowest BCUT2D eigenvalue weighted by Crippen LogP contribution is -2.12. The molecule has 76 heavy (non-hydrogen) atoms. The lowest BCUT2D eigenvalue weighted by Gasteiger charge is -2.22. The van der Waals surface area contributed by atoms with Crippen LogP contribution in [0.3, 0.4) is 0 Å². The lowest BCUT2D eigenvalue weighted by molar-refractivity contribution is 0.283. The summed E-state index contributed by atoms with van der Waals surface area (Å²) >= 11 is 0. The molecule has 1 aliphatic carbocycles. The van der Waals surface area contributed by atoms with Crippen molar-refractivity contribution in [3.63, 3.8) is 0 Å². The van der Waals surface area contributed by atoms with Crippen molar-refractivity contribution in [1.82, 2.24) is 0 Å². The van der Waals surface area contributed by atoms with Gasteiger partial charge in [-0.2, -0.15) is 0 Å². The number of hydrogen-bond donors (Lipinski definition) is 0. The SMILES string of the molecule is CC(C)C(C)(C)C.CC(C)CC(C)C.CC1CCCC1.CCCC(C)(C)C.CCCC(C)(C)C.CCCC(C)CC.CCCC(C)CC.CCCCC(C)C.CCCCC(C)C.CCCCCCC.CC[C@H](C)C(C)C. The monoisotopic (exact) mass is 1090 g/mol. The van der Waals surface area contributed by atoms with E-state index < -0.39 is 0 Å². The molecule has 1 aliphatic rings. The van der Waals surface area contributed by atoms with Crippen LogP contribution in [-0.4, -0.2) is 0 Å². The van der Waals surface area contributed by atoms with Crippen molar-refractivity contribution in [2.24, 2.45) is 75.4 Å². The van der Waals surface area contributed by atoms with Gasteiger partial charge in [0.2, 0.25) is 0 Å². The highest BCUT2D eigenvalue weighted by atomic mass is 14.2. The van der Waals surface area contributed by atoms with E-state index in [1.807, 2.05) is 0 Å². The van der Waals surface area contributed by atoms with Crippen molar-refractivity contribution in [1.29, 1.82) is 0 Å². The highest BCUT2D eigenvalue weighted by Crippen LogP contribution is 2.24. The van der Waals surface area contributed by atoms with Gasteiger partial charge in [-0.1, -0.05) is 403 Å². The van der Waals surface area contributed by atoms with E-state index >= 15 is 0 Å². The Kier molecular flexibility index (Phi) is 94.3. The van der Waals surface area contributed by atoms with Crippen molar-refractivity contribution in [2.75, 3.05) is 0 Å². The van der Waals surface area contributed by atoms with E-state index in [9.17, 15) is 0 Å². The maximum absolute atomic E-state index is 2.34. The Morgan fingerprint density at radius 3 is 0.697 bits per heavy atom. The Morgan fingerprint density at radius 1 is 0.342 bits per heavy atom. The van der Waals surface area contributed by atoms with Crippen LogP contribution in [0, 0.1) is 75.4 Å². The van der Waals surface area contributed by atoms with E-state index in [1.165, 1.54) is 173 Å². The average Bonchev–Trinajstić information content (AvgIpc) is 3.78. The first-order valence-corrected chi connectivity index (χ1v) is 34.8. The normalized spacial score (nSPS) is 13.2. The molecule has 1 rings (SSSR count). The lowest BCUT2D eigenvalue weighted by atomic mass is 9.84. The Hall–Kier alpha value is 0. The second-order valence-corrected chi connectivity index (χ2v) is 29.9. The molecule has 0 aliphatic heterocycles. The topological polar surface area (TPSA) is 0 Å². The number of rotatable bonds is 22. The van der Waals surface area contributed by atoms with E-state index in [0.29, 0.717) is 16.2 Å². The molecule has 2 unspecified atom stereocenters. The summed E-state index contributed by atoms with van der Waals surface area (Å²) in [6, 6.07) is 0. The minimum atomic E-state index is 0.500. The van der Waals surface area contributed by atoms with Crippen molar-refractivity contribution in [3.05, 3.63) is 0 Å². The quantitative estimate of drug-likeness (QED) is 0.0948. The Bertz CT molecular complexity index is 838. The van der Waals surface area contributed by atoms with Crippen LogP contribution in [0.25, 0.3) is 0 Å². The molecule has 0 nitrogen and oxygen atoms in total. The van der Waals surface area contributed by atoms with Gasteiger partial charge in [-0.3, -0.25) is 0 Å². The summed E-state index contributed by atoms with van der Waals surface area (Å²) in [7, 11) is 0. The van der Waals surface area contributed by atoms with Gasteiger partial charge in [-0.15, -0.1) is 0 Å². The summed E-state index contributed by atoms with van der Waals surface area (Å²) in [6.07, 6.45) is 37.4. The first kappa shape index (κ1) is 98.1. The second kappa shape index (κ2) is 73.0. The minimum Gasteiger partial charge on any atom is -0.0654 e. The summed E-state index contributed by atoms with van der Waals surface area (Å²) in [6.45, 7) is 81.5. The van der Waals surface area contributed by atoms with E-state index in [2.05, 4.69) is 249 Å². The molecule has 0 heterocycles. The zero-order chi connectivity index (χ0) is 62.4. The molecule has 0 bridgehead atoms. The molecule has 0 aromatic heterocycles. The van der Waals surface area contributed by atoms with Crippen LogP contribution in [0.1, 0.15) is 423 Å². The molecular formula is C76H172. The maximum Gasteiger partial charge on any atom is -0.0360 e. The molecule has 0 saturated heterocycles. The highest BCUT2D eigenvalue weighted by molar-refractivity contribution is 4.64. The predicted molar refractivity (Wildman–Crippen MR) is 371 cm³/mol. The van der Waals surface area contributed by atoms with Crippen LogP contribution in [0.2, 0.25) is 0 Å². The summed E-state index contributed by atoms with van der Waals surface area (Å²) in [4.78, 5) is 0. The van der Waals surface area contributed by atoms with Gasteiger partial charge >= 0.3 is 0 Å².